The van der Waals surface area contributed by atoms with Crippen molar-refractivity contribution in [3.05, 3.63) is 24.3 Å². The molecule has 2 heteroatoms. The van der Waals surface area contributed by atoms with E-state index in [-0.39, 0.29) is 11.6 Å². The fraction of sp³-hybridized carbons (Fsp3) is 0.400. The van der Waals surface area contributed by atoms with Crippen molar-refractivity contribution in [2.45, 2.75) is 19.8 Å². The van der Waals surface area contributed by atoms with E-state index in [4.69, 9.17) is 0 Å². The normalized spacial score (nSPS) is 20.2. The first-order valence-corrected chi connectivity index (χ1v) is 4.04. The SMILES string of the molecule is C=C/C(=C/C)C1C(=O)CCC1=O. The molecule has 0 spiro atoms. The number of rotatable bonds is 2. The molecule has 2 nitrogen and oxygen atoms in total. The van der Waals surface area contributed by atoms with Crippen molar-refractivity contribution in [2.75, 3.05) is 0 Å². The average Bonchev–Trinajstić information content (AvgIpc) is 2.38. The van der Waals surface area contributed by atoms with Gasteiger partial charge in [-0.2, -0.15) is 0 Å². The molecular formula is C10H12O2. The Hall–Kier alpha value is -1.18. The van der Waals surface area contributed by atoms with Gasteiger partial charge in [0, 0.05) is 12.8 Å². The summed E-state index contributed by atoms with van der Waals surface area (Å²) in [6, 6.07) is 0. The molecule has 0 saturated heterocycles. The van der Waals surface area contributed by atoms with Gasteiger partial charge in [0.25, 0.3) is 0 Å². The minimum atomic E-state index is -0.507. The van der Waals surface area contributed by atoms with Gasteiger partial charge >= 0.3 is 0 Å². The summed E-state index contributed by atoms with van der Waals surface area (Å²) in [5.41, 5.74) is 0.752. The predicted octanol–water partition coefficient (Wildman–Crippen LogP) is 1.67. The van der Waals surface area contributed by atoms with Gasteiger partial charge < -0.3 is 0 Å². The molecule has 0 bridgehead atoms. The second kappa shape index (κ2) is 3.48. The number of carbonyl (C=O) groups excluding carboxylic acids is 2. The van der Waals surface area contributed by atoms with Crippen molar-refractivity contribution < 1.29 is 9.59 Å². The zero-order chi connectivity index (χ0) is 9.14. The molecule has 0 atom stereocenters. The zero-order valence-corrected chi connectivity index (χ0v) is 7.17. The van der Waals surface area contributed by atoms with Gasteiger partial charge in [-0.1, -0.05) is 18.7 Å². The first-order chi connectivity index (χ1) is 5.70. The maximum absolute atomic E-state index is 11.2. The van der Waals surface area contributed by atoms with E-state index < -0.39 is 5.92 Å². The van der Waals surface area contributed by atoms with Crippen LogP contribution in [-0.4, -0.2) is 11.6 Å². The Bertz CT molecular complexity index is 245. The number of hydrogen-bond acceptors (Lipinski definition) is 2. The number of Topliss-reactive ketones (excluding diaryl/α,β-unsaturated/α-hetero) is 2. The lowest BCUT2D eigenvalue weighted by molar-refractivity contribution is -0.125. The molecule has 0 aromatic heterocycles. The summed E-state index contributed by atoms with van der Waals surface area (Å²) in [6.07, 6.45) is 4.16. The maximum atomic E-state index is 11.2. The van der Waals surface area contributed by atoms with Gasteiger partial charge in [0.05, 0.1) is 0 Å². The molecule has 0 aliphatic heterocycles. The quantitative estimate of drug-likeness (QED) is 0.459. The van der Waals surface area contributed by atoms with E-state index in [1.165, 1.54) is 0 Å². The van der Waals surface area contributed by atoms with E-state index in [0.29, 0.717) is 12.8 Å². The summed E-state index contributed by atoms with van der Waals surface area (Å²) in [7, 11) is 0. The largest absolute Gasteiger partial charge is 0.299 e. The van der Waals surface area contributed by atoms with Crippen molar-refractivity contribution in [3.8, 4) is 0 Å². The summed E-state index contributed by atoms with van der Waals surface area (Å²) >= 11 is 0. The maximum Gasteiger partial charge on any atom is 0.148 e. The second-order valence-corrected chi connectivity index (χ2v) is 2.86. The highest BCUT2D eigenvalue weighted by Crippen LogP contribution is 2.25. The minimum absolute atomic E-state index is 0.0352. The number of hydrogen-bond donors (Lipinski definition) is 0. The van der Waals surface area contributed by atoms with Crippen LogP contribution in [0.4, 0.5) is 0 Å². The van der Waals surface area contributed by atoms with Crippen LogP contribution in [0.1, 0.15) is 19.8 Å². The fourth-order valence-electron chi connectivity index (χ4n) is 1.49. The molecule has 64 valence electrons. The molecule has 1 aliphatic carbocycles. The van der Waals surface area contributed by atoms with Crippen molar-refractivity contribution in [1.82, 2.24) is 0 Å². The van der Waals surface area contributed by atoms with Crippen LogP contribution in [0.2, 0.25) is 0 Å². The van der Waals surface area contributed by atoms with Crippen LogP contribution in [0.3, 0.4) is 0 Å². The van der Waals surface area contributed by atoms with Crippen LogP contribution in [-0.2, 0) is 9.59 Å². The first-order valence-electron chi connectivity index (χ1n) is 4.04. The third-order valence-corrected chi connectivity index (χ3v) is 2.16. The number of allylic oxidation sites excluding steroid dienone is 3. The van der Waals surface area contributed by atoms with Crippen LogP contribution in [0.15, 0.2) is 24.3 Å². The molecule has 0 aromatic carbocycles. The molecule has 0 radical (unpaired) electrons. The summed E-state index contributed by atoms with van der Waals surface area (Å²) in [5.74, 6) is -0.437. The van der Waals surface area contributed by atoms with Crippen molar-refractivity contribution in [1.29, 1.82) is 0 Å². The summed E-state index contributed by atoms with van der Waals surface area (Å²) in [5, 5.41) is 0. The predicted molar refractivity (Wildman–Crippen MR) is 46.7 cm³/mol. The van der Waals surface area contributed by atoms with E-state index in [0.717, 1.165) is 5.57 Å². The van der Waals surface area contributed by atoms with Crippen molar-refractivity contribution in [2.24, 2.45) is 5.92 Å². The summed E-state index contributed by atoms with van der Waals surface area (Å²) in [6.45, 7) is 5.39. The van der Waals surface area contributed by atoms with E-state index in [9.17, 15) is 9.59 Å². The van der Waals surface area contributed by atoms with Crippen molar-refractivity contribution >= 4 is 11.6 Å². The molecule has 0 aromatic rings. The van der Waals surface area contributed by atoms with Crippen LogP contribution < -0.4 is 0 Å². The molecule has 1 fully saturated rings. The highest BCUT2D eigenvalue weighted by Gasteiger charge is 2.33. The third kappa shape index (κ3) is 1.37. The molecule has 1 saturated carbocycles. The summed E-state index contributed by atoms with van der Waals surface area (Å²) in [4.78, 5) is 22.5. The van der Waals surface area contributed by atoms with E-state index in [1.54, 1.807) is 12.2 Å². The molecule has 0 N–H and O–H groups in total. The van der Waals surface area contributed by atoms with Gasteiger partial charge in [-0.25, -0.2) is 0 Å². The monoisotopic (exact) mass is 164 g/mol. The topological polar surface area (TPSA) is 34.1 Å². The Balaban J connectivity index is 2.92. The highest BCUT2D eigenvalue weighted by molar-refractivity contribution is 6.11. The van der Waals surface area contributed by atoms with Gasteiger partial charge in [-0.15, -0.1) is 0 Å². The van der Waals surface area contributed by atoms with E-state index in [2.05, 4.69) is 6.58 Å². The number of carbonyl (C=O) groups is 2. The fourth-order valence-corrected chi connectivity index (χ4v) is 1.49. The average molecular weight is 164 g/mol. The molecular weight excluding hydrogens is 152 g/mol. The smallest absolute Gasteiger partial charge is 0.148 e. The highest BCUT2D eigenvalue weighted by atomic mass is 16.2. The second-order valence-electron chi connectivity index (χ2n) is 2.86. The van der Waals surface area contributed by atoms with Crippen molar-refractivity contribution in [3.63, 3.8) is 0 Å². The van der Waals surface area contributed by atoms with Gasteiger partial charge in [0.15, 0.2) is 0 Å². The lowest BCUT2D eigenvalue weighted by atomic mass is 9.96. The summed E-state index contributed by atoms with van der Waals surface area (Å²) < 4.78 is 0. The Morgan fingerprint density at radius 2 is 1.92 bits per heavy atom. The minimum Gasteiger partial charge on any atom is -0.299 e. The Morgan fingerprint density at radius 1 is 1.42 bits per heavy atom. The molecule has 1 aliphatic rings. The van der Waals surface area contributed by atoms with Gasteiger partial charge in [0.2, 0.25) is 0 Å². The van der Waals surface area contributed by atoms with Crippen LogP contribution in [0.5, 0.6) is 0 Å². The lowest BCUT2D eigenvalue weighted by Gasteiger charge is -2.06. The third-order valence-electron chi connectivity index (χ3n) is 2.16. The zero-order valence-electron chi connectivity index (χ0n) is 7.17. The number of ketones is 2. The Kier molecular flexibility index (Phi) is 2.58. The van der Waals surface area contributed by atoms with Crippen LogP contribution >= 0.6 is 0 Å². The Labute approximate surface area is 72.0 Å². The molecule has 1 rings (SSSR count). The van der Waals surface area contributed by atoms with Gasteiger partial charge in [0.1, 0.15) is 17.5 Å². The lowest BCUT2D eigenvalue weighted by Crippen LogP contribution is -2.15. The molecule has 0 unspecified atom stereocenters. The van der Waals surface area contributed by atoms with Gasteiger partial charge in [-0.05, 0) is 12.5 Å². The van der Waals surface area contributed by atoms with Crippen LogP contribution in [0.25, 0.3) is 0 Å². The Morgan fingerprint density at radius 3 is 2.25 bits per heavy atom. The molecule has 0 heterocycles. The van der Waals surface area contributed by atoms with Gasteiger partial charge in [-0.3, -0.25) is 9.59 Å². The standard InChI is InChI=1S/C10H12O2/c1-3-7(4-2)10-8(11)5-6-9(10)12/h3-4,10H,1,5-6H2,2H3/b7-4-. The van der Waals surface area contributed by atoms with E-state index in [1.807, 2.05) is 6.92 Å². The first kappa shape index (κ1) is 8.91. The van der Waals surface area contributed by atoms with E-state index >= 15 is 0 Å². The van der Waals surface area contributed by atoms with Crippen LogP contribution in [0, 0.1) is 5.92 Å². The molecule has 12 heavy (non-hydrogen) atoms. The molecule has 0 amide bonds.